The second-order valence-corrected chi connectivity index (χ2v) is 6.32. The number of rotatable bonds is 4. The number of aromatic nitrogens is 4. The van der Waals surface area contributed by atoms with Crippen molar-refractivity contribution >= 4 is 11.6 Å². The van der Waals surface area contributed by atoms with Crippen molar-refractivity contribution in [2.75, 3.05) is 11.5 Å². The van der Waals surface area contributed by atoms with Gasteiger partial charge in [0, 0.05) is 17.8 Å². The summed E-state index contributed by atoms with van der Waals surface area (Å²) >= 11 is 0. The molecule has 0 fully saturated rings. The number of amides is 1. The summed E-state index contributed by atoms with van der Waals surface area (Å²) in [6.07, 6.45) is 3.46. The Morgan fingerprint density at radius 2 is 2.12 bits per heavy atom. The van der Waals surface area contributed by atoms with Gasteiger partial charge in [-0.1, -0.05) is 24.3 Å². The number of para-hydroxylation sites is 1. The summed E-state index contributed by atoms with van der Waals surface area (Å²) < 4.78 is 7.29. The van der Waals surface area contributed by atoms with Crippen molar-refractivity contribution in [3.05, 3.63) is 60.4 Å². The van der Waals surface area contributed by atoms with Crippen molar-refractivity contribution < 1.29 is 9.53 Å². The molecule has 1 atom stereocenters. The normalized spacial score (nSPS) is 16.2. The van der Waals surface area contributed by atoms with Crippen LogP contribution in [0, 0.1) is 0 Å². The number of anilines is 1. The Morgan fingerprint density at radius 3 is 2.96 bits per heavy atom. The van der Waals surface area contributed by atoms with E-state index in [0.717, 1.165) is 24.2 Å². The maximum absolute atomic E-state index is 12.8. The molecule has 132 valence electrons. The number of aryl methyl sites for hydroxylation is 1. The van der Waals surface area contributed by atoms with Crippen LogP contribution in [-0.4, -0.2) is 38.8 Å². The molecule has 1 amide bonds. The number of benzene rings is 2. The Morgan fingerprint density at radius 1 is 1.23 bits per heavy atom. The maximum Gasteiger partial charge on any atom is 0.265 e. The van der Waals surface area contributed by atoms with Gasteiger partial charge >= 0.3 is 0 Å². The van der Waals surface area contributed by atoms with Gasteiger partial charge < -0.3 is 9.64 Å². The summed E-state index contributed by atoms with van der Waals surface area (Å²) in [6, 6.07) is 15.6. The smallest absolute Gasteiger partial charge is 0.265 e. The van der Waals surface area contributed by atoms with E-state index in [-0.39, 0.29) is 18.6 Å². The van der Waals surface area contributed by atoms with Crippen molar-refractivity contribution in [2.24, 2.45) is 0 Å². The van der Waals surface area contributed by atoms with Crippen LogP contribution < -0.4 is 9.64 Å². The van der Waals surface area contributed by atoms with E-state index in [4.69, 9.17) is 4.74 Å². The predicted octanol–water partition coefficient (Wildman–Crippen LogP) is 2.41. The van der Waals surface area contributed by atoms with Crippen molar-refractivity contribution in [2.45, 2.75) is 25.8 Å². The SMILES string of the molecule is C[C@H]1CCc2ccccc2N1C(=O)COc1cccc(-n2cnnn2)c1. The number of nitrogens with zero attached hydrogens (tertiary/aromatic N) is 5. The molecular formula is C19H19N5O2. The number of hydrogen-bond donors (Lipinski definition) is 0. The van der Waals surface area contributed by atoms with Crippen LogP contribution in [0.25, 0.3) is 5.69 Å². The zero-order valence-electron chi connectivity index (χ0n) is 14.4. The summed E-state index contributed by atoms with van der Waals surface area (Å²) in [4.78, 5) is 14.7. The monoisotopic (exact) mass is 349 g/mol. The minimum absolute atomic E-state index is 0.0161. The largest absolute Gasteiger partial charge is 0.484 e. The molecule has 0 spiro atoms. The Labute approximate surface area is 151 Å². The molecule has 0 bridgehead atoms. The third kappa shape index (κ3) is 3.15. The molecule has 1 aliphatic rings. The van der Waals surface area contributed by atoms with Crippen LogP contribution in [-0.2, 0) is 11.2 Å². The van der Waals surface area contributed by atoms with Crippen LogP contribution in [0.5, 0.6) is 5.75 Å². The fourth-order valence-corrected chi connectivity index (χ4v) is 3.28. The Bertz CT molecular complexity index is 910. The topological polar surface area (TPSA) is 73.1 Å². The minimum atomic E-state index is -0.0440. The lowest BCUT2D eigenvalue weighted by Crippen LogP contribution is -2.44. The van der Waals surface area contributed by atoms with Gasteiger partial charge in [0.1, 0.15) is 12.1 Å². The number of tetrazole rings is 1. The highest BCUT2D eigenvalue weighted by Gasteiger charge is 2.28. The second-order valence-electron chi connectivity index (χ2n) is 6.32. The highest BCUT2D eigenvalue weighted by molar-refractivity contribution is 5.96. The lowest BCUT2D eigenvalue weighted by molar-refractivity contribution is -0.121. The van der Waals surface area contributed by atoms with Gasteiger partial charge in [-0.2, -0.15) is 0 Å². The van der Waals surface area contributed by atoms with E-state index >= 15 is 0 Å². The van der Waals surface area contributed by atoms with E-state index in [1.165, 1.54) is 16.6 Å². The molecule has 7 nitrogen and oxygen atoms in total. The maximum atomic E-state index is 12.8. The highest BCUT2D eigenvalue weighted by Crippen LogP contribution is 2.30. The van der Waals surface area contributed by atoms with Gasteiger partial charge in [-0.3, -0.25) is 4.79 Å². The standard InChI is InChI=1S/C19H19N5O2/c1-14-9-10-15-5-2-3-8-18(15)24(14)19(25)12-26-17-7-4-6-16(11-17)23-13-20-21-22-23/h2-8,11,13-14H,9-10,12H2,1H3/t14-/m0/s1. The molecule has 0 saturated heterocycles. The lowest BCUT2D eigenvalue weighted by atomic mass is 9.96. The van der Waals surface area contributed by atoms with Crippen LogP contribution in [0.15, 0.2) is 54.9 Å². The molecule has 4 rings (SSSR count). The van der Waals surface area contributed by atoms with E-state index < -0.39 is 0 Å². The Balaban J connectivity index is 1.49. The summed E-state index contributed by atoms with van der Waals surface area (Å²) in [7, 11) is 0. The average molecular weight is 349 g/mol. The summed E-state index contributed by atoms with van der Waals surface area (Å²) in [5.41, 5.74) is 2.97. The number of hydrogen-bond acceptors (Lipinski definition) is 5. The summed E-state index contributed by atoms with van der Waals surface area (Å²) in [5, 5.41) is 11.1. The van der Waals surface area contributed by atoms with Gasteiger partial charge in [0.05, 0.1) is 5.69 Å². The van der Waals surface area contributed by atoms with Crippen LogP contribution in [0.4, 0.5) is 5.69 Å². The first kappa shape index (κ1) is 16.3. The van der Waals surface area contributed by atoms with Gasteiger partial charge in [0.15, 0.2) is 6.61 Å². The van der Waals surface area contributed by atoms with E-state index in [9.17, 15) is 4.79 Å². The highest BCUT2D eigenvalue weighted by atomic mass is 16.5. The molecule has 1 aliphatic heterocycles. The molecule has 0 radical (unpaired) electrons. The summed E-state index contributed by atoms with van der Waals surface area (Å²) in [5.74, 6) is 0.557. The predicted molar refractivity (Wildman–Crippen MR) is 96.4 cm³/mol. The molecule has 26 heavy (non-hydrogen) atoms. The van der Waals surface area contributed by atoms with E-state index in [1.54, 1.807) is 6.07 Å². The first-order valence-electron chi connectivity index (χ1n) is 8.58. The Hall–Kier alpha value is -3.22. The summed E-state index contributed by atoms with van der Waals surface area (Å²) in [6.45, 7) is 2.06. The molecule has 0 N–H and O–H groups in total. The fraction of sp³-hybridized carbons (Fsp3) is 0.263. The third-order valence-corrected chi connectivity index (χ3v) is 4.59. The van der Waals surface area contributed by atoms with Crippen molar-refractivity contribution in [3.63, 3.8) is 0 Å². The van der Waals surface area contributed by atoms with Crippen molar-refractivity contribution in [1.82, 2.24) is 20.2 Å². The second kappa shape index (κ2) is 6.95. The van der Waals surface area contributed by atoms with Crippen LogP contribution in [0.3, 0.4) is 0 Å². The van der Waals surface area contributed by atoms with Crippen LogP contribution >= 0.6 is 0 Å². The van der Waals surface area contributed by atoms with E-state index in [0.29, 0.717) is 5.75 Å². The first-order chi connectivity index (χ1) is 12.7. The van der Waals surface area contributed by atoms with Gasteiger partial charge in [-0.05, 0) is 54.0 Å². The van der Waals surface area contributed by atoms with Crippen LogP contribution in [0.1, 0.15) is 18.9 Å². The molecule has 0 unspecified atom stereocenters. The van der Waals surface area contributed by atoms with Crippen molar-refractivity contribution in [1.29, 1.82) is 0 Å². The fourth-order valence-electron chi connectivity index (χ4n) is 3.28. The number of fused-ring (bicyclic) bond motifs is 1. The van der Waals surface area contributed by atoms with Crippen molar-refractivity contribution in [3.8, 4) is 11.4 Å². The quantitative estimate of drug-likeness (QED) is 0.723. The zero-order valence-corrected chi connectivity index (χ0v) is 14.4. The third-order valence-electron chi connectivity index (χ3n) is 4.59. The van der Waals surface area contributed by atoms with Gasteiger partial charge in [0.25, 0.3) is 5.91 Å². The van der Waals surface area contributed by atoms with Gasteiger partial charge in [-0.25, -0.2) is 4.68 Å². The van der Waals surface area contributed by atoms with E-state index in [2.05, 4.69) is 28.5 Å². The van der Waals surface area contributed by atoms with Gasteiger partial charge in [-0.15, -0.1) is 5.10 Å². The van der Waals surface area contributed by atoms with Crippen LogP contribution in [0.2, 0.25) is 0 Å². The minimum Gasteiger partial charge on any atom is -0.484 e. The van der Waals surface area contributed by atoms with Gasteiger partial charge in [0.2, 0.25) is 0 Å². The molecule has 3 aromatic rings. The molecule has 0 saturated carbocycles. The molecule has 2 heterocycles. The lowest BCUT2D eigenvalue weighted by Gasteiger charge is -2.35. The zero-order chi connectivity index (χ0) is 17.9. The molecule has 0 aliphatic carbocycles. The number of ether oxygens (including phenoxy) is 1. The number of carbonyl (C=O) groups is 1. The first-order valence-corrected chi connectivity index (χ1v) is 8.58. The number of carbonyl (C=O) groups excluding carboxylic acids is 1. The molecule has 7 heteroatoms. The molecule has 1 aromatic heterocycles. The molecular weight excluding hydrogens is 330 g/mol. The Kier molecular flexibility index (Phi) is 4.35. The average Bonchev–Trinajstić information content (AvgIpc) is 3.21. The molecule has 2 aromatic carbocycles. The van der Waals surface area contributed by atoms with E-state index in [1.807, 2.05) is 41.3 Å².